The molecule has 0 spiro atoms. The van der Waals surface area contributed by atoms with Crippen LogP contribution in [0.25, 0.3) is 10.4 Å². The van der Waals surface area contributed by atoms with Crippen LogP contribution in [0.3, 0.4) is 0 Å². The number of benzene rings is 1. The quantitative estimate of drug-likeness (QED) is 0.873. The second-order valence-corrected chi connectivity index (χ2v) is 6.21. The molecule has 0 fully saturated rings. The largest absolute Gasteiger partial charge is 0.397 e. The number of hydrogen-bond donors (Lipinski definition) is 2. The Morgan fingerprint density at radius 1 is 1.18 bits per heavy atom. The van der Waals surface area contributed by atoms with Crippen molar-refractivity contribution >= 4 is 27.0 Å². The molecule has 0 unspecified atom stereocenters. The molecule has 0 saturated carbocycles. The van der Waals surface area contributed by atoms with E-state index in [0.29, 0.717) is 10.4 Å². The Morgan fingerprint density at radius 2 is 1.76 bits per heavy atom. The molecule has 4 N–H and O–H groups in total. The molecule has 17 heavy (non-hydrogen) atoms. The SMILES string of the molecule is Nc1cc(-c2ccc(F)cc2)sc1S(N)(=O)=O. The van der Waals surface area contributed by atoms with Crippen LogP contribution in [-0.4, -0.2) is 8.42 Å². The normalized spacial score (nSPS) is 11.6. The summed E-state index contributed by atoms with van der Waals surface area (Å²) in [4.78, 5) is 0.631. The summed E-state index contributed by atoms with van der Waals surface area (Å²) >= 11 is 0.965. The van der Waals surface area contributed by atoms with Gasteiger partial charge in [0.25, 0.3) is 0 Å². The van der Waals surface area contributed by atoms with Gasteiger partial charge in [-0.05, 0) is 23.8 Å². The van der Waals surface area contributed by atoms with Gasteiger partial charge in [0.2, 0.25) is 10.0 Å². The lowest BCUT2D eigenvalue weighted by molar-refractivity contribution is 0.600. The van der Waals surface area contributed by atoms with Gasteiger partial charge in [0, 0.05) is 4.88 Å². The maximum Gasteiger partial charge on any atom is 0.249 e. The van der Waals surface area contributed by atoms with Gasteiger partial charge in [-0.3, -0.25) is 0 Å². The number of rotatable bonds is 2. The average molecular weight is 272 g/mol. The first-order valence-corrected chi connectivity index (χ1v) is 6.92. The van der Waals surface area contributed by atoms with E-state index < -0.39 is 10.0 Å². The van der Waals surface area contributed by atoms with Crippen molar-refractivity contribution in [3.05, 3.63) is 36.1 Å². The Hall–Kier alpha value is -1.44. The Kier molecular flexibility index (Phi) is 2.90. The zero-order valence-electron chi connectivity index (χ0n) is 8.55. The zero-order chi connectivity index (χ0) is 12.6. The third kappa shape index (κ3) is 2.46. The lowest BCUT2D eigenvalue weighted by Crippen LogP contribution is -2.11. The molecular formula is C10H9FN2O2S2. The number of halogens is 1. The van der Waals surface area contributed by atoms with Crippen molar-refractivity contribution in [1.82, 2.24) is 0 Å². The topological polar surface area (TPSA) is 86.2 Å². The fourth-order valence-electron chi connectivity index (χ4n) is 1.37. The molecule has 7 heteroatoms. The second-order valence-electron chi connectivity index (χ2n) is 3.41. The average Bonchev–Trinajstić information content (AvgIpc) is 2.61. The van der Waals surface area contributed by atoms with Gasteiger partial charge in [0.1, 0.15) is 5.82 Å². The van der Waals surface area contributed by atoms with Gasteiger partial charge in [0.15, 0.2) is 4.21 Å². The highest BCUT2D eigenvalue weighted by molar-refractivity contribution is 7.91. The molecule has 90 valence electrons. The molecule has 0 aliphatic carbocycles. The Balaban J connectivity index is 2.52. The Labute approximate surface area is 102 Å². The summed E-state index contributed by atoms with van der Waals surface area (Å²) < 4.78 is 35.1. The van der Waals surface area contributed by atoms with Crippen LogP contribution in [-0.2, 0) is 10.0 Å². The van der Waals surface area contributed by atoms with Gasteiger partial charge in [-0.1, -0.05) is 12.1 Å². The van der Waals surface area contributed by atoms with Crippen molar-refractivity contribution < 1.29 is 12.8 Å². The minimum Gasteiger partial charge on any atom is -0.397 e. The zero-order valence-corrected chi connectivity index (χ0v) is 10.2. The van der Waals surface area contributed by atoms with E-state index >= 15 is 0 Å². The molecule has 1 aromatic heterocycles. The first-order chi connectivity index (χ1) is 7.88. The standard InChI is InChI=1S/C10H9FN2O2S2/c11-7-3-1-6(2-4-7)9-5-8(12)10(16-9)17(13,14)15/h1-5H,12H2,(H2,13,14,15). The molecule has 0 aliphatic rings. The van der Waals surface area contributed by atoms with Gasteiger partial charge >= 0.3 is 0 Å². The summed E-state index contributed by atoms with van der Waals surface area (Å²) in [6.45, 7) is 0. The number of nitrogens with two attached hydrogens (primary N) is 2. The molecule has 1 heterocycles. The molecule has 0 bridgehead atoms. The van der Waals surface area contributed by atoms with Crippen LogP contribution >= 0.6 is 11.3 Å². The number of anilines is 1. The number of nitrogen functional groups attached to an aromatic ring is 1. The van der Waals surface area contributed by atoms with E-state index in [9.17, 15) is 12.8 Å². The van der Waals surface area contributed by atoms with Crippen molar-refractivity contribution in [3.8, 4) is 10.4 Å². The highest BCUT2D eigenvalue weighted by Gasteiger charge is 2.17. The maximum absolute atomic E-state index is 12.7. The lowest BCUT2D eigenvalue weighted by Gasteiger charge is -1.95. The van der Waals surface area contributed by atoms with E-state index in [1.165, 1.54) is 18.2 Å². The molecule has 2 rings (SSSR count). The molecule has 2 aromatic rings. The molecule has 4 nitrogen and oxygen atoms in total. The number of hydrogen-bond acceptors (Lipinski definition) is 4. The van der Waals surface area contributed by atoms with Crippen LogP contribution in [0, 0.1) is 5.82 Å². The number of primary sulfonamides is 1. The monoisotopic (exact) mass is 272 g/mol. The smallest absolute Gasteiger partial charge is 0.249 e. The highest BCUT2D eigenvalue weighted by Crippen LogP contribution is 2.35. The molecule has 0 amide bonds. The summed E-state index contributed by atoms with van der Waals surface area (Å²) in [7, 11) is -3.81. The first kappa shape index (κ1) is 12.0. The fourth-order valence-corrected chi connectivity index (χ4v) is 3.30. The molecule has 1 aromatic carbocycles. The number of thiophene rings is 1. The molecule has 0 atom stereocenters. The van der Waals surface area contributed by atoms with Crippen LogP contribution in [0.2, 0.25) is 0 Å². The minimum atomic E-state index is -3.81. The van der Waals surface area contributed by atoms with Crippen LogP contribution in [0.15, 0.2) is 34.5 Å². The van der Waals surface area contributed by atoms with Crippen molar-refractivity contribution in [3.63, 3.8) is 0 Å². The summed E-state index contributed by atoms with van der Waals surface area (Å²) in [5.74, 6) is -0.357. The van der Waals surface area contributed by atoms with E-state index in [-0.39, 0.29) is 15.7 Å². The van der Waals surface area contributed by atoms with Crippen molar-refractivity contribution in [2.24, 2.45) is 5.14 Å². The second kappa shape index (κ2) is 4.10. The molecule has 0 saturated heterocycles. The van der Waals surface area contributed by atoms with Crippen molar-refractivity contribution in [1.29, 1.82) is 0 Å². The van der Waals surface area contributed by atoms with Gasteiger partial charge in [-0.25, -0.2) is 17.9 Å². The van der Waals surface area contributed by atoms with Gasteiger partial charge < -0.3 is 5.73 Å². The maximum atomic E-state index is 12.7. The molecule has 0 radical (unpaired) electrons. The van der Waals surface area contributed by atoms with Crippen LogP contribution < -0.4 is 10.9 Å². The van der Waals surface area contributed by atoms with E-state index in [0.717, 1.165) is 11.3 Å². The van der Waals surface area contributed by atoms with Crippen LogP contribution in [0.5, 0.6) is 0 Å². The summed E-state index contributed by atoms with van der Waals surface area (Å²) in [6.07, 6.45) is 0. The predicted molar refractivity (Wildman–Crippen MR) is 65.5 cm³/mol. The minimum absolute atomic E-state index is 0.0724. The van der Waals surface area contributed by atoms with Crippen LogP contribution in [0.1, 0.15) is 0 Å². The fraction of sp³-hybridized carbons (Fsp3) is 0. The Morgan fingerprint density at radius 3 is 2.24 bits per heavy atom. The van der Waals surface area contributed by atoms with Gasteiger partial charge in [-0.15, -0.1) is 11.3 Å². The van der Waals surface area contributed by atoms with Crippen molar-refractivity contribution in [2.75, 3.05) is 5.73 Å². The molecular weight excluding hydrogens is 263 g/mol. The van der Waals surface area contributed by atoms with E-state index in [4.69, 9.17) is 10.9 Å². The lowest BCUT2D eigenvalue weighted by atomic mass is 10.2. The Bertz CT molecular complexity index is 647. The summed E-state index contributed by atoms with van der Waals surface area (Å²) in [5.41, 5.74) is 6.37. The number of sulfonamides is 1. The van der Waals surface area contributed by atoms with Crippen molar-refractivity contribution in [2.45, 2.75) is 4.21 Å². The van der Waals surface area contributed by atoms with Gasteiger partial charge in [0.05, 0.1) is 5.69 Å². The first-order valence-electron chi connectivity index (χ1n) is 4.56. The molecule has 0 aliphatic heterocycles. The third-order valence-corrected chi connectivity index (χ3v) is 4.81. The predicted octanol–water partition coefficient (Wildman–Crippen LogP) is 1.78. The summed E-state index contributed by atoms with van der Waals surface area (Å²) in [5, 5.41) is 5.02. The van der Waals surface area contributed by atoms with Gasteiger partial charge in [-0.2, -0.15) is 0 Å². The van der Waals surface area contributed by atoms with E-state index in [1.54, 1.807) is 12.1 Å². The van der Waals surface area contributed by atoms with Crippen LogP contribution in [0.4, 0.5) is 10.1 Å². The third-order valence-electron chi connectivity index (χ3n) is 2.11. The highest BCUT2D eigenvalue weighted by atomic mass is 32.2. The summed E-state index contributed by atoms with van der Waals surface area (Å²) in [6, 6.07) is 7.20. The van der Waals surface area contributed by atoms with E-state index in [1.807, 2.05) is 0 Å². The van der Waals surface area contributed by atoms with E-state index in [2.05, 4.69) is 0 Å².